The van der Waals surface area contributed by atoms with E-state index < -0.39 is 0 Å². The van der Waals surface area contributed by atoms with E-state index in [1.54, 1.807) is 0 Å². The Bertz CT molecular complexity index is 777. The number of fused-ring (bicyclic) bond motifs is 1. The molecule has 0 saturated heterocycles. The first-order chi connectivity index (χ1) is 11.7. The predicted molar refractivity (Wildman–Crippen MR) is 107 cm³/mol. The Kier molecular flexibility index (Phi) is 5.64. The third-order valence-electron chi connectivity index (χ3n) is 4.35. The number of rotatable bonds is 7. The van der Waals surface area contributed by atoms with Gasteiger partial charge in [0.2, 0.25) is 0 Å². The average Bonchev–Trinajstić information content (AvgIpc) is 2.97. The first kappa shape index (κ1) is 17.1. The third kappa shape index (κ3) is 3.68. The SMILES string of the molecule is CCSC(c1ccccc1)c1[nH]c2ccccc2c1CCN(C)C. The predicted octanol–water partition coefficient (Wildman–Crippen LogP) is 5.11. The number of H-pyrrole nitrogens is 1. The van der Waals surface area contributed by atoms with Crippen molar-refractivity contribution in [3.63, 3.8) is 0 Å². The summed E-state index contributed by atoms with van der Waals surface area (Å²) in [4.78, 5) is 5.99. The van der Waals surface area contributed by atoms with E-state index in [-0.39, 0.29) is 0 Å². The van der Waals surface area contributed by atoms with Crippen LogP contribution < -0.4 is 0 Å². The zero-order valence-electron chi connectivity index (χ0n) is 14.8. The number of likely N-dealkylation sites (N-methyl/N-ethyl adjacent to an activating group) is 1. The molecule has 1 N–H and O–H groups in total. The zero-order valence-corrected chi connectivity index (χ0v) is 15.6. The van der Waals surface area contributed by atoms with Gasteiger partial charge in [0.25, 0.3) is 0 Å². The van der Waals surface area contributed by atoms with Gasteiger partial charge in [0.15, 0.2) is 0 Å². The fourth-order valence-corrected chi connectivity index (χ4v) is 4.24. The van der Waals surface area contributed by atoms with E-state index in [2.05, 4.69) is 85.5 Å². The molecule has 0 bridgehead atoms. The molecule has 0 spiro atoms. The zero-order chi connectivity index (χ0) is 16.9. The first-order valence-electron chi connectivity index (χ1n) is 8.61. The molecule has 0 saturated carbocycles. The standard InChI is InChI=1S/C21H26N2S/c1-4-24-21(16-10-6-5-7-11-16)20-18(14-15-23(2)3)17-12-8-9-13-19(17)22-20/h5-13,21-22H,4,14-15H2,1-3H3. The van der Waals surface area contributed by atoms with E-state index in [0.717, 1.165) is 18.7 Å². The smallest absolute Gasteiger partial charge is 0.0700 e. The fourth-order valence-electron chi connectivity index (χ4n) is 3.19. The quantitative estimate of drug-likeness (QED) is 0.645. The lowest BCUT2D eigenvalue weighted by atomic mass is 10.0. The molecule has 2 aromatic carbocycles. The topological polar surface area (TPSA) is 19.0 Å². The molecule has 24 heavy (non-hydrogen) atoms. The highest BCUT2D eigenvalue weighted by molar-refractivity contribution is 7.99. The van der Waals surface area contributed by atoms with Crippen molar-refractivity contribution in [2.75, 3.05) is 26.4 Å². The van der Waals surface area contributed by atoms with Crippen LogP contribution in [0.4, 0.5) is 0 Å². The number of hydrogen-bond acceptors (Lipinski definition) is 2. The maximum absolute atomic E-state index is 3.73. The van der Waals surface area contributed by atoms with Crippen molar-refractivity contribution < 1.29 is 0 Å². The Labute approximate surface area is 149 Å². The Morgan fingerprint density at radius 3 is 2.42 bits per heavy atom. The molecule has 0 aliphatic rings. The van der Waals surface area contributed by atoms with Gasteiger partial charge in [0, 0.05) is 23.1 Å². The van der Waals surface area contributed by atoms with E-state index in [1.165, 1.54) is 27.7 Å². The molecule has 3 rings (SSSR count). The minimum Gasteiger partial charge on any atom is -0.357 e. The van der Waals surface area contributed by atoms with Crippen molar-refractivity contribution >= 4 is 22.7 Å². The van der Waals surface area contributed by atoms with Crippen molar-refractivity contribution in [3.05, 3.63) is 71.4 Å². The van der Waals surface area contributed by atoms with Crippen molar-refractivity contribution in [1.82, 2.24) is 9.88 Å². The van der Waals surface area contributed by atoms with Gasteiger partial charge >= 0.3 is 0 Å². The highest BCUT2D eigenvalue weighted by Crippen LogP contribution is 2.39. The van der Waals surface area contributed by atoms with Crippen molar-refractivity contribution in [3.8, 4) is 0 Å². The number of thioether (sulfide) groups is 1. The molecule has 3 heteroatoms. The van der Waals surface area contributed by atoms with Gasteiger partial charge in [-0.1, -0.05) is 55.5 Å². The van der Waals surface area contributed by atoms with Gasteiger partial charge in [0.1, 0.15) is 0 Å². The molecule has 3 aromatic rings. The summed E-state index contributed by atoms with van der Waals surface area (Å²) < 4.78 is 0. The maximum Gasteiger partial charge on any atom is 0.0700 e. The van der Waals surface area contributed by atoms with Crippen LogP contribution in [0.2, 0.25) is 0 Å². The number of para-hydroxylation sites is 1. The summed E-state index contributed by atoms with van der Waals surface area (Å²) in [5, 5.41) is 1.73. The molecule has 0 aliphatic heterocycles. The lowest BCUT2D eigenvalue weighted by Gasteiger charge is -2.18. The number of hydrogen-bond donors (Lipinski definition) is 1. The lowest BCUT2D eigenvalue weighted by molar-refractivity contribution is 0.413. The van der Waals surface area contributed by atoms with Crippen LogP contribution in [0.1, 0.15) is 29.0 Å². The largest absolute Gasteiger partial charge is 0.357 e. The van der Waals surface area contributed by atoms with E-state index >= 15 is 0 Å². The molecule has 1 atom stereocenters. The van der Waals surface area contributed by atoms with Gasteiger partial charge in [-0.3, -0.25) is 0 Å². The fraction of sp³-hybridized carbons (Fsp3) is 0.333. The number of nitrogens with zero attached hydrogens (tertiary/aromatic N) is 1. The Morgan fingerprint density at radius 1 is 1.00 bits per heavy atom. The molecular weight excluding hydrogens is 312 g/mol. The molecule has 0 fully saturated rings. The van der Waals surface area contributed by atoms with Gasteiger partial charge in [-0.2, -0.15) is 0 Å². The van der Waals surface area contributed by atoms with Gasteiger partial charge < -0.3 is 9.88 Å². The molecule has 0 aliphatic carbocycles. The summed E-state index contributed by atoms with van der Waals surface area (Å²) in [6, 6.07) is 19.6. The second-order valence-corrected chi connectivity index (χ2v) is 7.74. The van der Waals surface area contributed by atoms with Crippen LogP contribution in [0, 0.1) is 0 Å². The number of aromatic amines is 1. The molecule has 1 heterocycles. The van der Waals surface area contributed by atoms with Crippen molar-refractivity contribution in [2.45, 2.75) is 18.6 Å². The third-order valence-corrected chi connectivity index (χ3v) is 5.53. The van der Waals surface area contributed by atoms with E-state index in [0.29, 0.717) is 5.25 Å². The summed E-state index contributed by atoms with van der Waals surface area (Å²) in [5.74, 6) is 1.10. The molecule has 0 radical (unpaired) electrons. The highest BCUT2D eigenvalue weighted by Gasteiger charge is 2.21. The van der Waals surface area contributed by atoms with Crippen LogP contribution in [0.15, 0.2) is 54.6 Å². The minimum absolute atomic E-state index is 0.362. The summed E-state index contributed by atoms with van der Waals surface area (Å²) in [5.41, 5.74) is 5.46. The van der Waals surface area contributed by atoms with Crippen LogP contribution >= 0.6 is 11.8 Å². The van der Waals surface area contributed by atoms with Gasteiger partial charge in [0.05, 0.1) is 5.25 Å². The number of benzene rings is 2. The summed E-state index contributed by atoms with van der Waals surface area (Å²) in [7, 11) is 4.29. The van der Waals surface area contributed by atoms with Crippen LogP contribution in [0.25, 0.3) is 10.9 Å². The van der Waals surface area contributed by atoms with Crippen LogP contribution in [-0.4, -0.2) is 36.3 Å². The lowest BCUT2D eigenvalue weighted by Crippen LogP contribution is -2.16. The second kappa shape index (κ2) is 7.91. The van der Waals surface area contributed by atoms with Crippen LogP contribution in [0.3, 0.4) is 0 Å². The van der Waals surface area contributed by atoms with Crippen LogP contribution in [-0.2, 0) is 6.42 Å². The Morgan fingerprint density at radius 2 is 1.71 bits per heavy atom. The molecule has 126 valence electrons. The minimum atomic E-state index is 0.362. The molecule has 1 unspecified atom stereocenters. The second-order valence-electron chi connectivity index (χ2n) is 6.36. The maximum atomic E-state index is 3.73. The van der Waals surface area contributed by atoms with Crippen LogP contribution in [0.5, 0.6) is 0 Å². The molecular formula is C21H26N2S. The highest BCUT2D eigenvalue weighted by atomic mass is 32.2. The average molecular weight is 339 g/mol. The van der Waals surface area contributed by atoms with E-state index in [4.69, 9.17) is 0 Å². The molecule has 2 nitrogen and oxygen atoms in total. The van der Waals surface area contributed by atoms with E-state index in [9.17, 15) is 0 Å². The monoisotopic (exact) mass is 338 g/mol. The molecule has 1 aromatic heterocycles. The summed E-state index contributed by atoms with van der Waals surface area (Å²) in [6.07, 6.45) is 1.07. The normalized spacial score (nSPS) is 12.8. The number of nitrogens with one attached hydrogen (secondary N) is 1. The summed E-state index contributed by atoms with van der Waals surface area (Å²) >= 11 is 2.00. The van der Waals surface area contributed by atoms with Crippen molar-refractivity contribution in [1.29, 1.82) is 0 Å². The number of aromatic nitrogens is 1. The van der Waals surface area contributed by atoms with Crippen molar-refractivity contribution in [2.24, 2.45) is 0 Å². The molecule has 0 amide bonds. The first-order valence-corrected chi connectivity index (χ1v) is 9.66. The Hall–Kier alpha value is -1.71. The van der Waals surface area contributed by atoms with Gasteiger partial charge in [-0.05, 0) is 43.5 Å². The van der Waals surface area contributed by atoms with Gasteiger partial charge in [-0.15, -0.1) is 11.8 Å². The van der Waals surface area contributed by atoms with Gasteiger partial charge in [-0.25, -0.2) is 0 Å². The van der Waals surface area contributed by atoms with E-state index in [1.807, 2.05) is 11.8 Å². The Balaban J connectivity index is 2.09. The summed E-state index contributed by atoms with van der Waals surface area (Å²) in [6.45, 7) is 3.30.